The summed E-state index contributed by atoms with van der Waals surface area (Å²) in [5, 5.41) is 1.57. The molecule has 0 atom stereocenters. The number of ether oxygens (including phenoxy) is 2. The Morgan fingerprint density at radius 1 is 1.20 bits per heavy atom. The summed E-state index contributed by atoms with van der Waals surface area (Å²) >= 11 is 1.06. The van der Waals surface area contributed by atoms with E-state index in [4.69, 9.17) is 15.2 Å². The zero-order valence-corrected chi connectivity index (χ0v) is 12.5. The summed E-state index contributed by atoms with van der Waals surface area (Å²) in [5.41, 5.74) is 6.29. The van der Waals surface area contributed by atoms with E-state index in [1.54, 1.807) is 23.6 Å². The average Bonchev–Trinajstić information content (AvgIpc) is 2.86. The van der Waals surface area contributed by atoms with E-state index in [0.29, 0.717) is 22.9 Å². The van der Waals surface area contributed by atoms with Crippen molar-refractivity contribution in [1.82, 2.24) is 0 Å². The van der Waals surface area contributed by atoms with Gasteiger partial charge in [0.1, 0.15) is 15.7 Å². The topological polar surface area (TPSA) is 90.7 Å². The molecule has 0 radical (unpaired) electrons. The summed E-state index contributed by atoms with van der Waals surface area (Å²) in [6, 6.07) is 6.22. The van der Waals surface area contributed by atoms with Gasteiger partial charge in [-0.05, 0) is 18.2 Å². The smallest absolute Gasteiger partial charge is 0.271 e. The summed E-state index contributed by atoms with van der Waals surface area (Å²) in [6.07, 6.45) is 0. The molecule has 0 saturated heterocycles. The fraction of sp³-hybridized carbons (Fsp3) is 0.167. The molecule has 3 N–H and O–H groups in total. The number of hydrogen-bond acceptors (Lipinski definition) is 6. The summed E-state index contributed by atoms with van der Waals surface area (Å²) < 4.78 is 37.2. The van der Waals surface area contributed by atoms with Crippen molar-refractivity contribution in [3.8, 4) is 11.5 Å². The molecule has 1 heterocycles. The van der Waals surface area contributed by atoms with Crippen molar-refractivity contribution in [3.63, 3.8) is 0 Å². The van der Waals surface area contributed by atoms with Gasteiger partial charge in [0.2, 0.25) is 0 Å². The number of nitrogen functional groups attached to an aromatic ring is 1. The Bertz CT molecular complexity index is 710. The average molecular weight is 314 g/mol. The second-order valence-corrected chi connectivity index (χ2v) is 6.69. The van der Waals surface area contributed by atoms with Crippen molar-refractivity contribution in [1.29, 1.82) is 0 Å². The standard InChI is InChI=1S/C12H14N2O4S2/c1-17-9-3-4-10(11(6-9)18-2)14-20(15,16)12-5-8(13)7-19-12/h3-7,14H,13H2,1-2H3. The van der Waals surface area contributed by atoms with Gasteiger partial charge in [0, 0.05) is 17.1 Å². The van der Waals surface area contributed by atoms with Gasteiger partial charge in [-0.3, -0.25) is 4.72 Å². The van der Waals surface area contributed by atoms with Crippen LogP contribution >= 0.6 is 11.3 Å². The van der Waals surface area contributed by atoms with Crippen LogP contribution in [-0.2, 0) is 10.0 Å². The Labute approximate surface area is 121 Å². The second-order valence-electron chi connectivity index (χ2n) is 3.87. The molecular formula is C12H14N2O4S2. The molecule has 0 saturated carbocycles. The van der Waals surface area contributed by atoms with Gasteiger partial charge in [0.15, 0.2) is 0 Å². The van der Waals surface area contributed by atoms with Crippen LogP contribution in [0.1, 0.15) is 0 Å². The Morgan fingerprint density at radius 3 is 2.50 bits per heavy atom. The van der Waals surface area contributed by atoms with Crippen molar-refractivity contribution in [3.05, 3.63) is 29.6 Å². The number of nitrogens with one attached hydrogen (secondary N) is 1. The molecule has 0 aliphatic heterocycles. The van der Waals surface area contributed by atoms with Crippen LogP contribution < -0.4 is 19.9 Å². The van der Waals surface area contributed by atoms with E-state index in [0.717, 1.165) is 11.3 Å². The third-order valence-electron chi connectivity index (χ3n) is 2.51. The summed E-state index contributed by atoms with van der Waals surface area (Å²) in [7, 11) is -0.702. The predicted octanol–water partition coefficient (Wildman–Crippen LogP) is 2.15. The molecule has 2 rings (SSSR count). The van der Waals surface area contributed by atoms with Gasteiger partial charge in [-0.1, -0.05) is 0 Å². The minimum Gasteiger partial charge on any atom is -0.497 e. The highest BCUT2D eigenvalue weighted by molar-refractivity contribution is 7.94. The Balaban J connectivity index is 2.34. The highest BCUT2D eigenvalue weighted by Gasteiger charge is 2.18. The number of nitrogens with two attached hydrogens (primary N) is 1. The molecule has 20 heavy (non-hydrogen) atoms. The second kappa shape index (κ2) is 5.59. The number of anilines is 2. The number of rotatable bonds is 5. The normalized spacial score (nSPS) is 11.1. The number of thiophene rings is 1. The predicted molar refractivity (Wildman–Crippen MR) is 79.1 cm³/mol. The molecule has 0 bridgehead atoms. The highest BCUT2D eigenvalue weighted by Crippen LogP contribution is 2.32. The highest BCUT2D eigenvalue weighted by atomic mass is 32.2. The van der Waals surface area contributed by atoms with E-state index in [9.17, 15) is 8.42 Å². The van der Waals surface area contributed by atoms with E-state index in [1.165, 1.54) is 20.3 Å². The van der Waals surface area contributed by atoms with Crippen molar-refractivity contribution in [2.24, 2.45) is 0 Å². The maximum absolute atomic E-state index is 12.2. The van der Waals surface area contributed by atoms with Crippen molar-refractivity contribution < 1.29 is 17.9 Å². The first-order valence-electron chi connectivity index (χ1n) is 5.55. The largest absolute Gasteiger partial charge is 0.497 e. The van der Waals surface area contributed by atoms with E-state index in [1.807, 2.05) is 0 Å². The Kier molecular flexibility index (Phi) is 4.05. The molecule has 0 aliphatic carbocycles. The van der Waals surface area contributed by atoms with Gasteiger partial charge in [-0.25, -0.2) is 8.42 Å². The van der Waals surface area contributed by atoms with Gasteiger partial charge < -0.3 is 15.2 Å². The lowest BCUT2D eigenvalue weighted by atomic mass is 10.3. The molecule has 6 nitrogen and oxygen atoms in total. The third kappa shape index (κ3) is 2.97. The summed E-state index contributed by atoms with van der Waals surface area (Å²) in [5.74, 6) is 0.947. The minimum atomic E-state index is -3.68. The van der Waals surface area contributed by atoms with Crippen LogP contribution in [0.3, 0.4) is 0 Å². The van der Waals surface area contributed by atoms with Gasteiger partial charge in [0.25, 0.3) is 10.0 Å². The first kappa shape index (κ1) is 14.5. The van der Waals surface area contributed by atoms with Gasteiger partial charge >= 0.3 is 0 Å². The zero-order valence-electron chi connectivity index (χ0n) is 10.9. The molecule has 0 spiro atoms. The Morgan fingerprint density at radius 2 is 1.95 bits per heavy atom. The molecule has 0 fully saturated rings. The van der Waals surface area contributed by atoms with E-state index >= 15 is 0 Å². The molecular weight excluding hydrogens is 300 g/mol. The van der Waals surface area contributed by atoms with Crippen LogP contribution in [0.15, 0.2) is 33.9 Å². The van der Waals surface area contributed by atoms with Crippen molar-refractivity contribution in [2.45, 2.75) is 4.21 Å². The van der Waals surface area contributed by atoms with Crippen LogP contribution in [-0.4, -0.2) is 22.6 Å². The van der Waals surface area contributed by atoms with Crippen LogP contribution in [0.2, 0.25) is 0 Å². The lowest BCUT2D eigenvalue weighted by Gasteiger charge is -2.12. The molecule has 0 unspecified atom stereocenters. The summed E-state index contributed by atoms with van der Waals surface area (Å²) in [6.45, 7) is 0. The van der Waals surface area contributed by atoms with Gasteiger partial charge in [0.05, 0.1) is 19.9 Å². The van der Waals surface area contributed by atoms with Crippen molar-refractivity contribution in [2.75, 3.05) is 24.7 Å². The first-order chi connectivity index (χ1) is 9.46. The molecule has 0 amide bonds. The zero-order chi connectivity index (χ0) is 14.8. The van der Waals surface area contributed by atoms with Crippen LogP contribution in [0.4, 0.5) is 11.4 Å². The van der Waals surface area contributed by atoms with E-state index in [2.05, 4.69) is 4.72 Å². The van der Waals surface area contributed by atoms with Gasteiger partial charge in [-0.15, -0.1) is 11.3 Å². The maximum Gasteiger partial charge on any atom is 0.271 e. The monoisotopic (exact) mass is 314 g/mol. The number of benzene rings is 1. The SMILES string of the molecule is COc1ccc(NS(=O)(=O)c2cc(N)cs2)c(OC)c1. The number of hydrogen-bond donors (Lipinski definition) is 2. The molecule has 1 aromatic heterocycles. The summed E-state index contributed by atoms with van der Waals surface area (Å²) in [4.78, 5) is 0. The van der Waals surface area contributed by atoms with Crippen LogP contribution in [0.25, 0.3) is 0 Å². The Hall–Kier alpha value is -1.93. The van der Waals surface area contributed by atoms with E-state index in [-0.39, 0.29) is 4.21 Å². The lowest BCUT2D eigenvalue weighted by molar-refractivity contribution is 0.395. The van der Waals surface area contributed by atoms with E-state index < -0.39 is 10.0 Å². The maximum atomic E-state index is 12.2. The molecule has 0 aliphatic rings. The van der Waals surface area contributed by atoms with Crippen molar-refractivity contribution >= 4 is 32.7 Å². The minimum absolute atomic E-state index is 0.146. The number of sulfonamides is 1. The molecule has 108 valence electrons. The molecule has 8 heteroatoms. The lowest BCUT2D eigenvalue weighted by Crippen LogP contribution is -2.12. The van der Waals surface area contributed by atoms with Crippen LogP contribution in [0.5, 0.6) is 11.5 Å². The first-order valence-corrected chi connectivity index (χ1v) is 7.91. The fourth-order valence-electron chi connectivity index (χ4n) is 1.55. The third-order valence-corrected chi connectivity index (χ3v) is 5.34. The van der Waals surface area contributed by atoms with Crippen LogP contribution in [0, 0.1) is 0 Å². The van der Waals surface area contributed by atoms with Gasteiger partial charge in [-0.2, -0.15) is 0 Å². The fourth-order valence-corrected chi connectivity index (χ4v) is 3.70. The quantitative estimate of drug-likeness (QED) is 0.882. The number of methoxy groups -OCH3 is 2. The molecule has 1 aromatic carbocycles. The molecule has 2 aromatic rings.